The van der Waals surface area contributed by atoms with Gasteiger partial charge in [-0.05, 0) is 0 Å². The second-order valence-corrected chi connectivity index (χ2v) is 0. The Balaban J connectivity index is 0. The molecule has 0 radical (unpaired) electrons. The Bertz CT molecular complexity index is 10.9. The molecule has 0 rings (SSSR count). The van der Waals surface area contributed by atoms with Crippen molar-refractivity contribution >= 4 is 0 Å². The van der Waals surface area contributed by atoms with Crippen molar-refractivity contribution in [1.82, 2.24) is 0 Å². The van der Waals surface area contributed by atoms with E-state index in [1.165, 1.54) is 0 Å². The molecule has 0 atom stereocenters. The Morgan fingerprint density at radius 2 is 0.429 bits per heavy atom. The van der Waals surface area contributed by atoms with E-state index in [0.29, 0.717) is 0 Å². The quantitative estimate of drug-likeness (QED) is 0.475. The van der Waals surface area contributed by atoms with Gasteiger partial charge in [-0.1, -0.05) is 0 Å². The zero-order valence-electron chi connectivity index (χ0n) is 3.38. The fraction of sp³-hybridized carbons (Fsp3) is 0. The van der Waals surface area contributed by atoms with Crippen LogP contribution >= 0.6 is 0 Å². The van der Waals surface area contributed by atoms with E-state index >= 15 is 0 Å². The van der Waals surface area contributed by atoms with Gasteiger partial charge in [0.25, 0.3) is 0 Å². The van der Waals surface area contributed by atoms with Crippen molar-refractivity contribution in [3.63, 3.8) is 0 Å². The predicted octanol–water partition coefficient (Wildman–Crippen LogP) is -0.361. The van der Waals surface area contributed by atoms with Crippen LogP contribution in [0.5, 0.6) is 0 Å². The average Bonchev–Trinajstić information content (AvgIpc) is 0. The zero-order valence-corrected chi connectivity index (χ0v) is 13.9. The van der Waals surface area contributed by atoms with Gasteiger partial charge in [-0.3, -0.25) is 0 Å². The molecule has 0 spiro atoms. The summed E-state index contributed by atoms with van der Waals surface area (Å²) in [6.45, 7) is 0. The predicted molar refractivity (Wildman–Crippen MR) is 2.06 cm³/mol. The molecule has 0 unspecified atom stereocenters. The van der Waals surface area contributed by atoms with Crippen LogP contribution < -0.4 is 0 Å². The standard InChI is InChI=1S/3O.2Pr.2Ti/q3*-2;2*+3;;. The summed E-state index contributed by atoms with van der Waals surface area (Å²) in [5.74, 6) is 0. The molecule has 0 saturated heterocycles. The third-order valence-electron chi connectivity index (χ3n) is 0. The van der Waals surface area contributed by atoms with Crippen LogP contribution in [0.4, 0.5) is 0 Å². The Labute approximate surface area is 139 Å². The van der Waals surface area contributed by atoms with Crippen LogP contribution in [-0.2, 0) is 59.9 Å². The van der Waals surface area contributed by atoms with Crippen molar-refractivity contribution in [3.8, 4) is 0 Å². The van der Waals surface area contributed by atoms with Gasteiger partial charge in [0, 0.05) is 43.4 Å². The van der Waals surface area contributed by atoms with E-state index in [2.05, 4.69) is 0 Å². The first kappa shape index (κ1) is 68.2. The summed E-state index contributed by atoms with van der Waals surface area (Å²) in [5.41, 5.74) is 0. The van der Waals surface area contributed by atoms with Crippen LogP contribution in [0.1, 0.15) is 0 Å². The van der Waals surface area contributed by atoms with Crippen molar-refractivity contribution in [2.24, 2.45) is 0 Å². The maximum Gasteiger partial charge on any atom is 3.00 e. The van der Waals surface area contributed by atoms with E-state index in [4.69, 9.17) is 0 Å². The minimum absolute atomic E-state index is 0. The van der Waals surface area contributed by atoms with E-state index in [1.807, 2.05) is 0 Å². The van der Waals surface area contributed by atoms with Crippen LogP contribution in [0.25, 0.3) is 0 Å². The van der Waals surface area contributed by atoms with Gasteiger partial charge in [0.1, 0.15) is 0 Å². The Hall–Kier alpha value is 4.04. The first-order chi connectivity index (χ1) is 0. The average molecular weight is 426 g/mol. The molecule has 32 valence electrons. The second kappa shape index (κ2) is 50.3. The number of hydrogen-bond acceptors (Lipinski definition) is 0. The van der Waals surface area contributed by atoms with E-state index in [1.54, 1.807) is 0 Å². The van der Waals surface area contributed by atoms with Crippen LogP contribution in [-0.4, -0.2) is 0 Å². The molecule has 3 nitrogen and oxygen atoms in total. The van der Waals surface area contributed by atoms with Gasteiger partial charge >= 0.3 is 82.6 Å². The zero-order chi connectivity index (χ0) is 0. The SMILES string of the molecule is [O-2].[O-2].[O-2].[Pr+3].[Pr+3].[Ti].[Ti]. The van der Waals surface area contributed by atoms with Crippen LogP contribution in [0, 0.1) is 82.6 Å². The fourth-order valence-corrected chi connectivity index (χ4v) is 0. The minimum atomic E-state index is 0. The van der Waals surface area contributed by atoms with E-state index < -0.39 is 0 Å². The molecule has 0 aliphatic rings. The third kappa shape index (κ3) is 39.8. The number of hydrogen-bond donors (Lipinski definition) is 0. The second-order valence-electron chi connectivity index (χ2n) is 0. The monoisotopic (exact) mass is 426 g/mol. The van der Waals surface area contributed by atoms with Gasteiger partial charge in [-0.2, -0.15) is 0 Å². The molecular formula is O3Pr2Ti2. The molecule has 0 aliphatic carbocycles. The smallest absolute Gasteiger partial charge is 2.00 e. The van der Waals surface area contributed by atoms with Crippen molar-refractivity contribution in [2.75, 3.05) is 0 Å². The molecule has 0 aliphatic heterocycles. The summed E-state index contributed by atoms with van der Waals surface area (Å²) in [4.78, 5) is 0. The fourth-order valence-electron chi connectivity index (χ4n) is 0. The summed E-state index contributed by atoms with van der Waals surface area (Å²) in [6.07, 6.45) is 0. The molecule has 0 heterocycles. The van der Waals surface area contributed by atoms with Crippen LogP contribution in [0.15, 0.2) is 0 Å². The summed E-state index contributed by atoms with van der Waals surface area (Å²) in [5, 5.41) is 0. The summed E-state index contributed by atoms with van der Waals surface area (Å²) < 4.78 is 0. The first-order valence-electron chi connectivity index (χ1n) is 0. The molecule has 0 aromatic heterocycles. The van der Waals surface area contributed by atoms with Crippen LogP contribution in [0.3, 0.4) is 0 Å². The van der Waals surface area contributed by atoms with E-state index in [9.17, 15) is 0 Å². The maximum absolute atomic E-state index is 0. The molecule has 0 aromatic rings. The van der Waals surface area contributed by atoms with Gasteiger partial charge < -0.3 is 16.4 Å². The molecule has 0 N–H and O–H groups in total. The Kier molecular flexibility index (Phi) is 490. The molecule has 7 heavy (non-hydrogen) atoms. The van der Waals surface area contributed by atoms with Gasteiger partial charge in [0.15, 0.2) is 0 Å². The summed E-state index contributed by atoms with van der Waals surface area (Å²) in [7, 11) is 0. The first-order valence-corrected chi connectivity index (χ1v) is 0. The Morgan fingerprint density at radius 1 is 0.429 bits per heavy atom. The topological polar surface area (TPSA) is 85.5 Å². The van der Waals surface area contributed by atoms with Gasteiger partial charge in [-0.25, -0.2) is 0 Å². The van der Waals surface area contributed by atoms with Gasteiger partial charge in [0.2, 0.25) is 0 Å². The Morgan fingerprint density at radius 3 is 0.429 bits per heavy atom. The van der Waals surface area contributed by atoms with Crippen molar-refractivity contribution < 1.29 is 142 Å². The minimum Gasteiger partial charge on any atom is -2.00 e. The third-order valence-corrected chi connectivity index (χ3v) is 0. The van der Waals surface area contributed by atoms with Gasteiger partial charge in [0.05, 0.1) is 0 Å². The van der Waals surface area contributed by atoms with E-state index in [-0.39, 0.29) is 142 Å². The normalized spacial score (nSPS) is 0. The van der Waals surface area contributed by atoms with Crippen LogP contribution in [0.2, 0.25) is 0 Å². The number of rotatable bonds is 0. The molecule has 0 aromatic carbocycles. The maximum atomic E-state index is 0. The van der Waals surface area contributed by atoms with Crippen molar-refractivity contribution in [1.29, 1.82) is 0 Å². The van der Waals surface area contributed by atoms with Gasteiger partial charge in [-0.15, -0.1) is 0 Å². The largest absolute Gasteiger partial charge is 3.00 e. The molecule has 0 fully saturated rings. The van der Waals surface area contributed by atoms with Crippen molar-refractivity contribution in [2.45, 2.75) is 0 Å². The summed E-state index contributed by atoms with van der Waals surface area (Å²) >= 11 is 0. The summed E-state index contributed by atoms with van der Waals surface area (Å²) in [6, 6.07) is 0. The van der Waals surface area contributed by atoms with E-state index in [0.717, 1.165) is 0 Å². The molecule has 0 amide bonds. The molecular weight excluding hydrogens is 426 g/mol. The molecule has 0 bridgehead atoms. The molecule has 0 saturated carbocycles. The molecule has 7 heteroatoms. The van der Waals surface area contributed by atoms with Crippen molar-refractivity contribution in [3.05, 3.63) is 0 Å².